The molecule has 0 unspecified atom stereocenters. The van der Waals surface area contributed by atoms with Crippen molar-refractivity contribution < 1.29 is 34.3 Å². The van der Waals surface area contributed by atoms with Crippen molar-refractivity contribution in [2.45, 2.75) is 97.7 Å². The number of hydrogen-bond donors (Lipinski definition) is 4. The molecule has 13 heteroatoms. The Labute approximate surface area is 314 Å². The molecule has 13 nitrogen and oxygen atoms in total. The van der Waals surface area contributed by atoms with E-state index in [-0.39, 0.29) is 47.5 Å². The Kier molecular flexibility index (Phi) is 14.1. The number of carbonyl (C=O) groups is 2. The van der Waals surface area contributed by atoms with Gasteiger partial charge in [0.25, 0.3) is 5.70 Å². The van der Waals surface area contributed by atoms with E-state index in [1.54, 1.807) is 25.1 Å². The molecule has 0 spiro atoms. The van der Waals surface area contributed by atoms with Crippen molar-refractivity contribution in [3.63, 3.8) is 0 Å². The van der Waals surface area contributed by atoms with E-state index < -0.39 is 35.7 Å². The Balaban J connectivity index is 1.65. The number of hydroxylamine groups is 2. The number of carbonyl (C=O) groups excluding carboxylic acids is 2. The molecule has 294 valence electrons. The minimum absolute atomic E-state index is 0.0169. The molecule has 3 aliphatic carbocycles. The van der Waals surface area contributed by atoms with Crippen LogP contribution in [-0.2, 0) is 21.0 Å². The van der Waals surface area contributed by atoms with E-state index in [1.807, 2.05) is 19.0 Å². The van der Waals surface area contributed by atoms with Crippen LogP contribution in [0.25, 0.3) is 5.57 Å². The number of amides is 2. The second kappa shape index (κ2) is 17.7. The van der Waals surface area contributed by atoms with E-state index in [0.717, 1.165) is 12.8 Å². The number of allylic oxidation sites excluding steroid dienone is 3. The number of nitrogens with zero attached hydrogens (tertiary/aromatic N) is 3. The molecular weight excluding hydrogens is 678 g/mol. The number of nitro groups is 1. The monoisotopic (exact) mass is 739 g/mol. The van der Waals surface area contributed by atoms with Crippen LogP contribution >= 0.6 is 0 Å². The molecule has 4 N–H and O–H groups in total. The molecule has 2 amide bonds. The summed E-state index contributed by atoms with van der Waals surface area (Å²) >= 11 is 0. The third-order valence-electron chi connectivity index (χ3n) is 11.7. The molecule has 1 aliphatic heterocycles. The molecule has 2 bridgehead atoms. The van der Waals surface area contributed by atoms with Crippen LogP contribution in [0.3, 0.4) is 0 Å². The molecule has 1 aromatic rings. The molecule has 9 atom stereocenters. The molecule has 4 fully saturated rings. The Morgan fingerprint density at radius 2 is 1.92 bits per heavy atom. The fourth-order valence-corrected chi connectivity index (χ4v) is 8.88. The van der Waals surface area contributed by atoms with E-state index in [0.29, 0.717) is 46.7 Å². The number of aliphatic hydroxyl groups excluding tert-OH is 2. The van der Waals surface area contributed by atoms with Gasteiger partial charge in [0.05, 0.1) is 31.3 Å². The SMILES string of the molecule is C=C(C=C(C=CC(=O)N[C@@H](CC(C)C)CN(C)C)c1cccc(CN2O[C@@H](CO)[C@@H]([C@H](C)O)[C@H]2C(=O)N[C@H]2C[C@H]3C[C@@H]([C@@H]2C)C3(C)C)c1OC)[N+](=O)[O-]. The van der Waals surface area contributed by atoms with Gasteiger partial charge in [-0.1, -0.05) is 52.8 Å². The summed E-state index contributed by atoms with van der Waals surface area (Å²) in [6.07, 6.45) is 5.15. The first kappa shape index (κ1) is 42.1. The molecule has 53 heavy (non-hydrogen) atoms. The first-order valence-corrected chi connectivity index (χ1v) is 18.8. The molecule has 0 aromatic heterocycles. The summed E-state index contributed by atoms with van der Waals surface area (Å²) in [6.45, 7) is 16.4. The molecule has 1 saturated heterocycles. The summed E-state index contributed by atoms with van der Waals surface area (Å²) in [4.78, 5) is 46.6. The summed E-state index contributed by atoms with van der Waals surface area (Å²) in [6, 6.07) is 4.22. The predicted molar refractivity (Wildman–Crippen MR) is 204 cm³/mol. The third-order valence-corrected chi connectivity index (χ3v) is 11.7. The highest BCUT2D eigenvalue weighted by Gasteiger charge is 2.57. The van der Waals surface area contributed by atoms with Gasteiger partial charge in [0.2, 0.25) is 11.8 Å². The number of likely N-dealkylation sites (N-methyl/N-ethyl adjacent to an activating group) is 1. The van der Waals surface area contributed by atoms with Crippen molar-refractivity contribution in [3.05, 3.63) is 69.9 Å². The summed E-state index contributed by atoms with van der Waals surface area (Å²) in [5.41, 5.74) is 1.21. The fourth-order valence-electron chi connectivity index (χ4n) is 8.88. The molecule has 3 saturated carbocycles. The van der Waals surface area contributed by atoms with Gasteiger partial charge in [0.15, 0.2) is 0 Å². The number of methoxy groups -OCH3 is 1. The summed E-state index contributed by atoms with van der Waals surface area (Å²) in [7, 11) is 5.35. The Hall–Kier alpha value is -3.62. The van der Waals surface area contributed by atoms with Crippen molar-refractivity contribution in [3.8, 4) is 5.75 Å². The highest BCUT2D eigenvalue weighted by Crippen LogP contribution is 2.61. The lowest BCUT2D eigenvalue weighted by Gasteiger charge is -2.62. The Morgan fingerprint density at radius 3 is 2.47 bits per heavy atom. The predicted octanol–water partition coefficient (Wildman–Crippen LogP) is 4.18. The lowest BCUT2D eigenvalue weighted by molar-refractivity contribution is -0.418. The molecule has 5 rings (SSSR count). The maximum absolute atomic E-state index is 14.2. The lowest BCUT2D eigenvalue weighted by Crippen LogP contribution is -2.62. The standard InChI is InChI=1S/C40H61N5O8/c1-23(2)16-30(21-43(8)9)41-35(48)15-14-27(17-24(3)45(50)51)31-13-11-12-28(38(31)52-10)20-44-37(36(26(5)47)34(22-46)53-44)39(49)42-33-19-29-18-32(25(33)4)40(29,6)7/h11-15,17,23,25-26,29-30,32-34,36-37,46-47H,3,16,18-22H2,1-2,4-10H3,(H,41,48)(H,42,49)/t25-,26-,29+,30-,32-,33-,34-,36+,37-/m0/s1. The van der Waals surface area contributed by atoms with Gasteiger partial charge in [-0.2, -0.15) is 5.06 Å². The average Bonchev–Trinajstić information content (AvgIpc) is 3.45. The largest absolute Gasteiger partial charge is 0.496 e. The number of para-hydroxylation sites is 1. The number of rotatable bonds is 17. The molecular formula is C40H61N5O8. The first-order chi connectivity index (χ1) is 24.9. The van der Waals surface area contributed by atoms with Gasteiger partial charge in [-0.15, -0.1) is 0 Å². The van der Waals surface area contributed by atoms with E-state index in [9.17, 15) is 29.9 Å². The molecule has 0 radical (unpaired) electrons. The normalized spacial score (nSPS) is 28.1. The number of fused-ring (bicyclic) bond motifs is 2. The smallest absolute Gasteiger partial charge is 0.262 e. The number of aliphatic hydroxyl groups is 2. The zero-order chi connectivity index (χ0) is 39.4. The minimum atomic E-state index is -0.964. The summed E-state index contributed by atoms with van der Waals surface area (Å²) in [5.74, 6) is 0.690. The van der Waals surface area contributed by atoms with Gasteiger partial charge in [-0.25, -0.2) is 0 Å². The second-order valence-electron chi connectivity index (χ2n) is 16.5. The lowest BCUT2D eigenvalue weighted by atomic mass is 9.45. The maximum atomic E-state index is 14.2. The first-order valence-electron chi connectivity index (χ1n) is 18.8. The van der Waals surface area contributed by atoms with Gasteiger partial charge in [0.1, 0.15) is 17.9 Å². The van der Waals surface area contributed by atoms with Crippen LogP contribution in [0.15, 0.2) is 48.7 Å². The zero-order valence-electron chi connectivity index (χ0n) is 32.9. The topological polar surface area (TPSA) is 167 Å². The minimum Gasteiger partial charge on any atom is -0.496 e. The molecule has 1 aromatic carbocycles. The summed E-state index contributed by atoms with van der Waals surface area (Å²) < 4.78 is 5.90. The van der Waals surface area contributed by atoms with E-state index >= 15 is 0 Å². The van der Waals surface area contributed by atoms with Crippen molar-refractivity contribution in [1.82, 2.24) is 20.6 Å². The van der Waals surface area contributed by atoms with Crippen LogP contribution in [0.4, 0.5) is 0 Å². The van der Waals surface area contributed by atoms with Gasteiger partial charge >= 0.3 is 0 Å². The van der Waals surface area contributed by atoms with Gasteiger partial charge in [-0.05, 0) is 87.6 Å². The van der Waals surface area contributed by atoms with Crippen molar-refractivity contribution in [2.75, 3.05) is 34.4 Å². The second-order valence-corrected chi connectivity index (χ2v) is 16.5. The fraction of sp³-hybridized carbons (Fsp3) is 0.650. The van der Waals surface area contributed by atoms with Crippen LogP contribution in [0, 0.1) is 45.1 Å². The summed E-state index contributed by atoms with van der Waals surface area (Å²) in [5, 5.41) is 40.7. The van der Waals surface area contributed by atoms with Crippen LogP contribution in [0.5, 0.6) is 5.75 Å². The third kappa shape index (κ3) is 9.74. The number of benzene rings is 1. The number of hydrogen-bond acceptors (Lipinski definition) is 10. The van der Waals surface area contributed by atoms with Crippen LogP contribution in [-0.4, -0.2) is 102 Å². The van der Waals surface area contributed by atoms with Crippen LogP contribution in [0.1, 0.15) is 71.9 Å². The Morgan fingerprint density at radius 1 is 1.23 bits per heavy atom. The van der Waals surface area contributed by atoms with Gasteiger partial charge < -0.3 is 30.5 Å². The van der Waals surface area contributed by atoms with Crippen molar-refractivity contribution in [1.29, 1.82) is 0 Å². The highest BCUT2D eigenvalue weighted by atomic mass is 16.7. The van der Waals surface area contributed by atoms with Crippen molar-refractivity contribution in [2.24, 2.45) is 35.0 Å². The van der Waals surface area contributed by atoms with Gasteiger partial charge in [-0.3, -0.25) is 24.5 Å². The van der Waals surface area contributed by atoms with Crippen molar-refractivity contribution >= 4 is 17.4 Å². The highest BCUT2D eigenvalue weighted by molar-refractivity contribution is 5.92. The van der Waals surface area contributed by atoms with E-state index in [2.05, 4.69) is 51.8 Å². The number of nitrogens with one attached hydrogen (secondary N) is 2. The molecule has 4 aliphatic rings. The van der Waals surface area contributed by atoms with Crippen LogP contribution in [0.2, 0.25) is 0 Å². The van der Waals surface area contributed by atoms with E-state index in [4.69, 9.17) is 9.57 Å². The zero-order valence-corrected chi connectivity index (χ0v) is 32.9. The quantitative estimate of drug-likeness (QED) is 0.0788. The number of ether oxygens (including phenoxy) is 1. The van der Waals surface area contributed by atoms with Gasteiger partial charge in [0, 0.05) is 47.8 Å². The molecule has 1 heterocycles. The maximum Gasteiger partial charge on any atom is 0.262 e. The van der Waals surface area contributed by atoms with E-state index in [1.165, 1.54) is 36.8 Å². The Bertz CT molecular complexity index is 1540. The average molecular weight is 740 g/mol. The van der Waals surface area contributed by atoms with Crippen LogP contribution < -0.4 is 15.4 Å².